The number of nitrogens with zero attached hydrogens (tertiary/aromatic N) is 6. The second-order valence-corrected chi connectivity index (χ2v) is 5.36. The number of azide groups is 2. The molecule has 1 atom stereocenters. The number of hydrogen-bond acceptors (Lipinski definition) is 4. The van der Waals surface area contributed by atoms with Crippen LogP contribution in [0.3, 0.4) is 0 Å². The van der Waals surface area contributed by atoms with E-state index >= 15 is 0 Å². The molecule has 1 aromatic rings. The van der Waals surface area contributed by atoms with Gasteiger partial charge in [-0.3, -0.25) is 0 Å². The van der Waals surface area contributed by atoms with Crippen LogP contribution in [0, 0.1) is 5.92 Å². The topological polar surface area (TPSA) is 132 Å². The standard InChI is InChI=1S/C14H10N6O2S/c15-19-17-12-6-2-10(3-7-12)1-4-11-5-8-13(18-20-16)9-14(11)23(21)22/h1-9,11H. The van der Waals surface area contributed by atoms with Gasteiger partial charge in [-0.15, -0.1) is 0 Å². The second kappa shape index (κ2) is 7.67. The zero-order valence-corrected chi connectivity index (χ0v) is 12.5. The van der Waals surface area contributed by atoms with Gasteiger partial charge in [0, 0.05) is 27.1 Å². The van der Waals surface area contributed by atoms with Crippen molar-refractivity contribution in [3.63, 3.8) is 0 Å². The lowest BCUT2D eigenvalue weighted by molar-refractivity contribution is 0.626. The van der Waals surface area contributed by atoms with Crippen LogP contribution in [0.25, 0.3) is 27.0 Å². The van der Waals surface area contributed by atoms with Crippen molar-refractivity contribution in [1.29, 1.82) is 0 Å². The Morgan fingerprint density at radius 2 is 1.78 bits per heavy atom. The van der Waals surface area contributed by atoms with Crippen LogP contribution in [0.4, 0.5) is 5.69 Å². The Bertz CT molecular complexity index is 920. The van der Waals surface area contributed by atoms with Crippen molar-refractivity contribution >= 4 is 26.9 Å². The summed E-state index contributed by atoms with van der Waals surface area (Å²) in [5.74, 6) is -0.442. The van der Waals surface area contributed by atoms with Crippen molar-refractivity contribution in [1.82, 2.24) is 0 Å². The fourth-order valence-electron chi connectivity index (χ4n) is 1.94. The minimum absolute atomic E-state index is 0.122. The van der Waals surface area contributed by atoms with E-state index in [0.717, 1.165) is 5.56 Å². The minimum Gasteiger partial charge on any atom is -0.184 e. The minimum atomic E-state index is -2.42. The number of allylic oxidation sites excluding steroid dienone is 4. The van der Waals surface area contributed by atoms with Crippen molar-refractivity contribution in [2.45, 2.75) is 0 Å². The molecule has 0 aliphatic heterocycles. The van der Waals surface area contributed by atoms with Crippen molar-refractivity contribution in [2.75, 3.05) is 0 Å². The van der Waals surface area contributed by atoms with E-state index in [-0.39, 0.29) is 10.6 Å². The Kier molecular flexibility index (Phi) is 5.38. The predicted octanol–water partition coefficient (Wildman–Crippen LogP) is 4.07. The van der Waals surface area contributed by atoms with Crippen LogP contribution in [0.2, 0.25) is 0 Å². The van der Waals surface area contributed by atoms with Crippen molar-refractivity contribution in [3.8, 4) is 0 Å². The zero-order valence-electron chi connectivity index (χ0n) is 11.7. The first-order valence-electron chi connectivity index (χ1n) is 6.38. The summed E-state index contributed by atoms with van der Waals surface area (Å²) in [5, 5.41) is 6.86. The van der Waals surface area contributed by atoms with E-state index in [4.69, 9.17) is 11.1 Å². The highest BCUT2D eigenvalue weighted by molar-refractivity contribution is 7.73. The molecule has 8 nitrogen and oxygen atoms in total. The van der Waals surface area contributed by atoms with E-state index in [2.05, 4.69) is 20.1 Å². The molecule has 0 spiro atoms. The SMILES string of the molecule is [N-]=[N+]=NC1=CC(=S(=O)=O)C(C=Cc2ccc(N=[N+]=[N-])cc2)C=C1. The van der Waals surface area contributed by atoms with E-state index in [0.29, 0.717) is 5.69 Å². The van der Waals surface area contributed by atoms with Gasteiger partial charge in [-0.1, -0.05) is 58.8 Å². The molecular formula is C14H10N6O2S. The van der Waals surface area contributed by atoms with Crippen LogP contribution in [0.5, 0.6) is 0 Å². The third-order valence-corrected chi connectivity index (χ3v) is 3.77. The van der Waals surface area contributed by atoms with Crippen molar-refractivity contribution < 1.29 is 8.42 Å². The maximum absolute atomic E-state index is 11.3. The first-order chi connectivity index (χ1) is 11.1. The molecule has 1 aliphatic carbocycles. The highest BCUT2D eigenvalue weighted by Crippen LogP contribution is 2.19. The summed E-state index contributed by atoms with van der Waals surface area (Å²) in [7, 11) is -2.42. The van der Waals surface area contributed by atoms with Crippen molar-refractivity contribution in [3.05, 3.63) is 80.7 Å². The Morgan fingerprint density at radius 3 is 2.39 bits per heavy atom. The molecule has 0 saturated carbocycles. The van der Waals surface area contributed by atoms with Gasteiger partial charge in [-0.2, -0.15) is 8.42 Å². The molecule has 9 heteroatoms. The van der Waals surface area contributed by atoms with E-state index in [1.807, 2.05) is 0 Å². The first kappa shape index (κ1) is 16.1. The molecule has 0 saturated heterocycles. The fourth-order valence-corrected chi connectivity index (χ4v) is 2.53. The molecule has 0 aromatic heterocycles. The van der Waals surface area contributed by atoms with E-state index in [9.17, 15) is 8.42 Å². The quantitative estimate of drug-likeness (QED) is 0.357. The van der Waals surface area contributed by atoms with Gasteiger partial charge in [0.15, 0.2) is 0 Å². The summed E-state index contributed by atoms with van der Waals surface area (Å²) in [5.41, 5.74) is 18.3. The average Bonchev–Trinajstić information content (AvgIpc) is 2.55. The summed E-state index contributed by atoms with van der Waals surface area (Å²) >= 11 is 0. The van der Waals surface area contributed by atoms with Crippen molar-refractivity contribution in [2.24, 2.45) is 16.1 Å². The van der Waals surface area contributed by atoms with Crippen LogP contribution in [0.15, 0.2) is 64.5 Å². The van der Waals surface area contributed by atoms with Gasteiger partial charge in [-0.05, 0) is 22.7 Å². The molecule has 0 heterocycles. The van der Waals surface area contributed by atoms with Gasteiger partial charge < -0.3 is 0 Å². The lowest BCUT2D eigenvalue weighted by Crippen LogP contribution is -2.12. The Labute approximate surface area is 132 Å². The molecule has 0 amide bonds. The highest BCUT2D eigenvalue weighted by atomic mass is 32.2. The number of hydrogen-bond donors (Lipinski definition) is 0. The van der Waals surface area contributed by atoms with Gasteiger partial charge >= 0.3 is 0 Å². The van der Waals surface area contributed by atoms with Crippen LogP contribution in [-0.4, -0.2) is 13.3 Å². The Hall–Kier alpha value is -3.25. The Morgan fingerprint density at radius 1 is 1.09 bits per heavy atom. The maximum atomic E-state index is 11.3. The molecule has 1 aliphatic rings. The van der Waals surface area contributed by atoms with E-state index in [1.54, 1.807) is 48.6 Å². The van der Waals surface area contributed by atoms with Crippen LogP contribution < -0.4 is 0 Å². The largest absolute Gasteiger partial charge is 0.218 e. The monoisotopic (exact) mass is 326 g/mol. The predicted molar refractivity (Wildman–Crippen MR) is 88.1 cm³/mol. The third kappa shape index (κ3) is 4.36. The summed E-state index contributed by atoms with van der Waals surface area (Å²) in [6, 6.07) is 6.82. The van der Waals surface area contributed by atoms with Gasteiger partial charge in [0.1, 0.15) is 0 Å². The molecule has 1 aromatic carbocycles. The molecule has 0 bridgehead atoms. The molecule has 1 unspecified atom stereocenters. The number of benzene rings is 1. The van der Waals surface area contributed by atoms with E-state index in [1.165, 1.54) is 6.08 Å². The van der Waals surface area contributed by atoms with Gasteiger partial charge in [0.2, 0.25) is 10.3 Å². The smallest absolute Gasteiger partial charge is 0.184 e. The van der Waals surface area contributed by atoms with Crippen LogP contribution >= 0.6 is 0 Å². The summed E-state index contributed by atoms with van der Waals surface area (Å²) in [4.78, 5) is 5.45. The Balaban J connectivity index is 2.25. The maximum Gasteiger partial charge on any atom is 0.218 e. The molecule has 0 radical (unpaired) electrons. The highest BCUT2D eigenvalue weighted by Gasteiger charge is 2.14. The normalized spacial score (nSPS) is 16.4. The van der Waals surface area contributed by atoms with Gasteiger partial charge in [0.05, 0.1) is 4.86 Å². The lowest BCUT2D eigenvalue weighted by Gasteiger charge is -2.10. The fraction of sp³-hybridized carbons (Fsp3) is 0.0714. The lowest BCUT2D eigenvalue weighted by atomic mass is 9.98. The molecule has 23 heavy (non-hydrogen) atoms. The zero-order chi connectivity index (χ0) is 16.7. The van der Waals surface area contributed by atoms with Crippen LogP contribution in [-0.2, 0) is 10.3 Å². The molecule has 114 valence electrons. The third-order valence-electron chi connectivity index (χ3n) is 2.99. The van der Waals surface area contributed by atoms with E-state index < -0.39 is 16.2 Å². The van der Waals surface area contributed by atoms with Crippen LogP contribution in [0.1, 0.15) is 5.56 Å². The molecule has 0 fully saturated rings. The van der Waals surface area contributed by atoms with Gasteiger partial charge in [-0.25, -0.2) is 0 Å². The molecule has 0 N–H and O–H groups in total. The molecular weight excluding hydrogens is 316 g/mol. The average molecular weight is 326 g/mol. The number of rotatable bonds is 4. The summed E-state index contributed by atoms with van der Waals surface area (Å²) in [6.45, 7) is 0. The summed E-state index contributed by atoms with van der Waals surface area (Å²) < 4.78 is 22.6. The molecule has 2 rings (SSSR count). The summed E-state index contributed by atoms with van der Waals surface area (Å²) in [6.07, 6.45) is 8.01. The first-order valence-corrected chi connectivity index (χ1v) is 7.46. The second-order valence-electron chi connectivity index (χ2n) is 4.42. The van der Waals surface area contributed by atoms with Gasteiger partial charge in [0.25, 0.3) is 0 Å².